The van der Waals surface area contributed by atoms with E-state index < -0.39 is 121 Å². The van der Waals surface area contributed by atoms with Gasteiger partial charge in [-0.2, -0.15) is 0 Å². The van der Waals surface area contributed by atoms with Gasteiger partial charge in [0.25, 0.3) is 0 Å². The van der Waals surface area contributed by atoms with Crippen LogP contribution in [0.1, 0.15) is 152 Å². The van der Waals surface area contributed by atoms with Crippen molar-refractivity contribution in [1.82, 2.24) is 25.3 Å². The van der Waals surface area contributed by atoms with Crippen LogP contribution in [0.25, 0.3) is 0 Å². The lowest BCUT2D eigenvalue weighted by Crippen LogP contribution is -2.65. The maximum atomic E-state index is 15.1. The summed E-state index contributed by atoms with van der Waals surface area (Å²) in [6.07, 6.45) is -2.53. The molecule has 5 saturated carbocycles. The molecule has 26 nitrogen and oxygen atoms in total. The van der Waals surface area contributed by atoms with Crippen molar-refractivity contribution >= 4 is 18.3 Å². The van der Waals surface area contributed by atoms with Crippen LogP contribution in [-0.2, 0) is 33.2 Å². The van der Waals surface area contributed by atoms with Crippen LogP contribution in [-0.4, -0.2) is 272 Å². The van der Waals surface area contributed by atoms with Gasteiger partial charge in [0.2, 0.25) is 0 Å². The molecule has 7 heterocycles. The number of amides is 3. The van der Waals surface area contributed by atoms with E-state index in [9.17, 15) is 58.9 Å². The monoisotopic (exact) mass is 1440 g/mol. The summed E-state index contributed by atoms with van der Waals surface area (Å²) >= 11 is 0. The van der Waals surface area contributed by atoms with Crippen LogP contribution in [0.4, 0.5) is 27.6 Å². The Morgan fingerprint density at radius 1 is 0.505 bits per heavy atom. The number of carbonyl (C=O) groups excluding carboxylic acids is 3. The topological polar surface area (TPSA) is 350 Å². The summed E-state index contributed by atoms with van der Waals surface area (Å²) < 4.78 is 94.5. The third-order valence-corrected chi connectivity index (χ3v) is 21.9. The van der Waals surface area contributed by atoms with E-state index in [4.69, 9.17) is 54.2 Å². The third kappa shape index (κ3) is 17.8. The average molecular weight is 1440 g/mol. The van der Waals surface area contributed by atoms with Gasteiger partial charge in [-0.3, -0.25) is 19.1 Å². The first-order valence-electron chi connectivity index (χ1n) is 36.1. The summed E-state index contributed by atoms with van der Waals surface area (Å²) in [5.74, 6) is 0.214. The highest BCUT2D eigenvalue weighted by Crippen LogP contribution is 2.58. The van der Waals surface area contributed by atoms with Crippen molar-refractivity contribution in [2.45, 2.75) is 245 Å². The Hall–Kier alpha value is -4.96. The average Bonchev–Trinajstić information content (AvgIpc) is 1.59. The van der Waals surface area contributed by atoms with E-state index in [0.717, 1.165) is 86.8 Å². The molecule has 12 aliphatic rings. The minimum absolute atomic E-state index is 0.00852. The first kappa shape index (κ1) is 78.6. The van der Waals surface area contributed by atoms with Crippen molar-refractivity contribution < 1.29 is 118 Å². The van der Waals surface area contributed by atoms with E-state index >= 15 is 4.39 Å². The molecule has 0 aromatic heterocycles. The lowest BCUT2D eigenvalue weighted by atomic mass is 9.82. The van der Waals surface area contributed by atoms with E-state index in [2.05, 4.69) is 10.6 Å². The fraction of sp³-hybridized carbons (Fsp3) is 0.792. The van der Waals surface area contributed by atoms with Gasteiger partial charge in [0.1, 0.15) is 46.7 Å². The van der Waals surface area contributed by atoms with Crippen LogP contribution < -0.4 is 20.1 Å². The molecule has 11 N–H and O–H groups in total. The van der Waals surface area contributed by atoms with Crippen LogP contribution in [0.3, 0.4) is 0 Å². The number of nitrogens with one attached hydrogen (secondary N) is 2. The van der Waals surface area contributed by atoms with E-state index in [1.165, 1.54) is 4.90 Å². The summed E-state index contributed by atoms with van der Waals surface area (Å²) in [5, 5.41) is 92.6. The van der Waals surface area contributed by atoms with Gasteiger partial charge in [0.15, 0.2) is 12.6 Å². The summed E-state index contributed by atoms with van der Waals surface area (Å²) in [5.41, 5.74) is -1.60. The highest BCUT2D eigenvalue weighted by atomic mass is 19.1. The number of aliphatic hydroxyl groups excluding tert-OH is 9. The first-order valence-corrected chi connectivity index (χ1v) is 35.4. The van der Waals surface area contributed by atoms with Crippen LogP contribution in [0.15, 0.2) is 48.5 Å². The molecule has 5 spiro atoms. The quantitative estimate of drug-likeness (QED) is 0.157. The molecule has 5 aliphatic carbocycles. The fourth-order valence-electron chi connectivity index (χ4n) is 15.7. The van der Waals surface area contributed by atoms with Crippen molar-refractivity contribution in [1.29, 1.82) is 0 Å². The number of fused-ring (bicyclic) bond motifs is 4. The Morgan fingerprint density at radius 3 is 1.25 bits per heavy atom. The van der Waals surface area contributed by atoms with E-state index in [1.54, 1.807) is 44.8 Å². The number of nitrogens with zero attached hydrogens (tertiary/aromatic N) is 3. The van der Waals surface area contributed by atoms with Crippen molar-refractivity contribution in [2.75, 3.05) is 87.1 Å². The minimum Gasteiger partial charge on any atom is -0.497 e. The van der Waals surface area contributed by atoms with Gasteiger partial charge < -0.3 is 99.2 Å². The largest absolute Gasteiger partial charge is 0.497 e. The zero-order valence-electron chi connectivity index (χ0n) is 61.2. The lowest BCUT2D eigenvalue weighted by Gasteiger charge is -2.51. The molecule has 12 fully saturated rings. The van der Waals surface area contributed by atoms with E-state index in [-0.39, 0.29) is 98.5 Å². The maximum absolute atomic E-state index is 15.1. The smallest absolute Gasteiger partial charge is 0.410 e. The Bertz CT molecular complexity index is 2910. The normalized spacial score (nSPS) is 34.4. The number of likely N-dealkylation sites (tertiary alicyclic amines) is 3. The minimum atomic E-state index is -1.28. The Balaban J connectivity index is 0.000000153. The number of β-amino-alcohol motifs (C(OH)–C–C–N with tert-alkyl or cyclic N) is 3. The SMILES string of the molecule is CC(C)(C)OC(=O)N1C[C@@H](O)[C@H](O)[C@@H](CO)C12CC2.COc1ccc(C2OC[C@@H]3[C@@H](O2)[C@@H](F)CN(C(=O)OC(C)(C)C)C32CC2)cc1.COc1ccc(C2OC[C@@H]3[C@@H](O2)[C@H](O)CN(C(=O)OC(C)(C)C)C32CC2)cc1.OC[C@@H]1[C@@H](O)[C@@H](F)CNC12CC2.OC[C@@H]1[C@@H](O)[C@H](O)CNC12CC2.[2H]CF. The second-order valence-electron chi connectivity index (χ2n) is 32.0. The molecule has 17 atom stereocenters. The van der Waals surface area contributed by atoms with Crippen molar-refractivity contribution in [3.63, 3.8) is 0 Å². The maximum Gasteiger partial charge on any atom is 0.410 e. The summed E-state index contributed by atoms with van der Waals surface area (Å²) in [7, 11) is 2.23. The van der Waals surface area contributed by atoms with Crippen molar-refractivity contribution in [3.05, 3.63) is 59.7 Å². The zero-order chi connectivity index (χ0) is 74.9. The molecule has 2 aromatic carbocycles. The van der Waals surface area contributed by atoms with Crippen LogP contribution in [0.5, 0.6) is 11.5 Å². The molecule has 101 heavy (non-hydrogen) atoms. The number of methoxy groups -OCH3 is 2. The Kier molecular flexibility index (Phi) is 24.6. The van der Waals surface area contributed by atoms with Crippen LogP contribution in [0.2, 0.25) is 0 Å². The standard InChI is InChI=1S/C21H28FNO5.C21H29NO6.C13H23NO5.C8H14FNO2.C8H15NO3.CH3F/c1-20(2,3)28-19(24)23-11-16(22)17-15(21(23)9-10-21)12-26-18(27-17)13-5-7-14(25-4)8-6-13;1-20(2,3)28-19(24)22-11-16(23)17-15(21(22)9-10-21)12-26-18(27-17)13-5-7-14(25-4)8-6-13;1-12(2,3)19-11(18)14-6-9(16)10(17)8(7-15)13(14)4-5-13;9-6-3-10-8(1-2-8)5(4-11)7(6)12;10-4-5-7(12)6(11)3-9-8(5)1-2-8;1-2/h5-8,15-18H,9-12H2,1-4H3;5-8,15-18,23H,9-12H2,1-4H3;8-10,15-17H,4-7H2,1-3H3;5-7,10-12H,1-4H2;5-7,9-12H,1-4H2;1H3/t15-,16+,17-,18?;15-,16-,17-,18?;8-,9-,10-;5-,6+,7-;5-,6-,7-;/m11111./s1/i;;;;;1D. The number of hydrogen-bond acceptors (Lipinski definition) is 23. The first-order chi connectivity index (χ1) is 48.0. The predicted octanol–water partition coefficient (Wildman–Crippen LogP) is 5.28. The highest BCUT2D eigenvalue weighted by molar-refractivity contribution is 5.72. The van der Waals surface area contributed by atoms with Gasteiger partial charge in [-0.25, -0.2) is 23.2 Å². The van der Waals surface area contributed by atoms with Gasteiger partial charge in [-0.15, -0.1) is 0 Å². The number of rotatable bonds is 7. The molecule has 14 rings (SSSR count). The number of aliphatic hydroxyl groups is 9. The zero-order valence-corrected chi connectivity index (χ0v) is 60.2. The van der Waals surface area contributed by atoms with Crippen LogP contribution in [0, 0.1) is 29.6 Å². The second kappa shape index (κ2) is 31.6. The number of alkyl halides is 3. The predicted molar refractivity (Wildman–Crippen MR) is 359 cm³/mol. The molecule has 3 amide bonds. The molecule has 29 heteroatoms. The number of carbonyl (C=O) groups is 3. The molecule has 0 radical (unpaired) electrons. The molecule has 572 valence electrons. The van der Waals surface area contributed by atoms with Crippen LogP contribution >= 0.6 is 0 Å². The molecule has 2 aromatic rings. The Labute approximate surface area is 591 Å². The number of hydrogen-bond donors (Lipinski definition) is 11. The lowest BCUT2D eigenvalue weighted by molar-refractivity contribution is -0.285. The van der Waals surface area contributed by atoms with E-state index in [1.807, 2.05) is 90.1 Å². The fourth-order valence-corrected chi connectivity index (χ4v) is 15.7. The number of benzene rings is 2. The second-order valence-corrected chi connectivity index (χ2v) is 32.0. The Morgan fingerprint density at radius 2 is 0.861 bits per heavy atom. The number of piperidine rings is 5. The summed E-state index contributed by atoms with van der Waals surface area (Å²) in [4.78, 5) is 42.4. The highest BCUT2D eigenvalue weighted by Gasteiger charge is 2.67. The van der Waals surface area contributed by atoms with Gasteiger partial charge in [-0.05, 0) is 151 Å². The molecule has 7 aliphatic heterocycles. The van der Waals surface area contributed by atoms with Crippen molar-refractivity contribution in [2.24, 2.45) is 29.6 Å². The third-order valence-electron chi connectivity index (χ3n) is 21.9. The van der Waals surface area contributed by atoms with Crippen molar-refractivity contribution in [3.8, 4) is 11.5 Å². The number of halogens is 3. The molecule has 0 bridgehead atoms. The van der Waals surface area contributed by atoms with Gasteiger partial charge in [0, 0.05) is 64.9 Å². The molecular formula is C72H112F3N5O21. The van der Waals surface area contributed by atoms with Gasteiger partial charge in [0.05, 0.1) is 135 Å². The molecular weight excluding hydrogens is 1330 g/mol. The van der Waals surface area contributed by atoms with E-state index in [0.29, 0.717) is 19.8 Å². The van der Waals surface area contributed by atoms with Gasteiger partial charge >= 0.3 is 18.3 Å². The molecule has 7 saturated heterocycles. The summed E-state index contributed by atoms with van der Waals surface area (Å²) in [6, 6.07) is 14.9. The van der Waals surface area contributed by atoms with Gasteiger partial charge in [-0.1, -0.05) is 24.3 Å². The molecule has 2 unspecified atom stereocenters. The summed E-state index contributed by atoms with van der Waals surface area (Å²) in [6.45, 7) is 17.6. The number of ether oxygens (including phenoxy) is 9.